The number of alkyl halides is 3. The van der Waals surface area contributed by atoms with Crippen LogP contribution in [-0.2, 0) is 20.9 Å². The molecule has 198 valence electrons. The van der Waals surface area contributed by atoms with Crippen molar-refractivity contribution in [2.45, 2.75) is 17.2 Å². The summed E-state index contributed by atoms with van der Waals surface area (Å²) in [5.41, 5.74) is 0.429. The Balaban J connectivity index is 1.39. The Bertz CT molecular complexity index is 1320. The second-order valence-corrected chi connectivity index (χ2v) is 11.3. The summed E-state index contributed by atoms with van der Waals surface area (Å²) in [5.74, 6) is 0. The number of nitrogens with zero attached hydrogens (tertiary/aromatic N) is 2. The van der Waals surface area contributed by atoms with E-state index in [0.29, 0.717) is 25.2 Å². The van der Waals surface area contributed by atoms with Crippen LogP contribution in [0.25, 0.3) is 0 Å². The van der Waals surface area contributed by atoms with Crippen molar-refractivity contribution in [3.8, 4) is 0 Å². The first-order valence-electron chi connectivity index (χ1n) is 11.6. The SMILES string of the molecule is O=S(=O)(c1cccc(Cl)c1Cl)N1CCN(CCOC(c2ccccc2)c2cccc(C(F)(F)F)c2)CC1. The minimum Gasteiger partial charge on any atom is -0.367 e. The zero-order valence-corrected chi connectivity index (χ0v) is 22.0. The molecule has 0 spiro atoms. The van der Waals surface area contributed by atoms with Gasteiger partial charge in [-0.05, 0) is 35.4 Å². The predicted molar refractivity (Wildman–Crippen MR) is 137 cm³/mol. The molecule has 1 unspecified atom stereocenters. The van der Waals surface area contributed by atoms with Crippen LogP contribution in [0.1, 0.15) is 22.8 Å². The number of rotatable bonds is 8. The number of hydrogen-bond acceptors (Lipinski definition) is 4. The van der Waals surface area contributed by atoms with E-state index in [4.69, 9.17) is 27.9 Å². The summed E-state index contributed by atoms with van der Waals surface area (Å²) in [7, 11) is -3.79. The summed E-state index contributed by atoms with van der Waals surface area (Å²) in [6.45, 7) is 2.22. The van der Waals surface area contributed by atoms with Gasteiger partial charge in [0.25, 0.3) is 0 Å². The van der Waals surface area contributed by atoms with Gasteiger partial charge >= 0.3 is 6.18 Å². The lowest BCUT2D eigenvalue weighted by molar-refractivity contribution is -0.137. The molecule has 37 heavy (non-hydrogen) atoms. The molecular weight excluding hydrogens is 548 g/mol. The van der Waals surface area contributed by atoms with Gasteiger partial charge in [-0.25, -0.2) is 8.42 Å². The van der Waals surface area contributed by atoms with Crippen molar-refractivity contribution in [3.63, 3.8) is 0 Å². The van der Waals surface area contributed by atoms with Crippen LogP contribution >= 0.6 is 23.2 Å². The molecule has 5 nitrogen and oxygen atoms in total. The minimum absolute atomic E-state index is 0.00143. The third-order valence-corrected chi connectivity index (χ3v) is 9.05. The van der Waals surface area contributed by atoms with E-state index in [1.54, 1.807) is 12.1 Å². The van der Waals surface area contributed by atoms with Crippen LogP contribution < -0.4 is 0 Å². The molecule has 1 aliphatic heterocycles. The van der Waals surface area contributed by atoms with Crippen molar-refractivity contribution in [1.82, 2.24) is 9.21 Å². The molecule has 0 bridgehead atoms. The first-order chi connectivity index (χ1) is 17.6. The van der Waals surface area contributed by atoms with Gasteiger partial charge in [0.2, 0.25) is 10.0 Å². The highest BCUT2D eigenvalue weighted by molar-refractivity contribution is 7.89. The van der Waals surface area contributed by atoms with Crippen molar-refractivity contribution >= 4 is 33.2 Å². The number of hydrogen-bond donors (Lipinski definition) is 0. The molecule has 0 N–H and O–H groups in total. The molecular formula is C26H25Cl2F3N2O3S. The summed E-state index contributed by atoms with van der Waals surface area (Å²) in [6.07, 6.45) is -5.12. The average Bonchev–Trinajstić information content (AvgIpc) is 2.88. The van der Waals surface area contributed by atoms with E-state index in [2.05, 4.69) is 4.90 Å². The molecule has 0 saturated carbocycles. The lowest BCUT2D eigenvalue weighted by Crippen LogP contribution is -2.49. The van der Waals surface area contributed by atoms with E-state index in [1.165, 1.54) is 22.5 Å². The van der Waals surface area contributed by atoms with Crippen LogP contribution in [0.4, 0.5) is 13.2 Å². The standard InChI is InChI=1S/C26H25Cl2F3N2O3S/c27-22-10-5-11-23(24(22)28)37(34,35)33-14-12-32(13-15-33)16-17-36-25(19-6-2-1-3-7-19)20-8-4-9-21(18-20)26(29,30)31/h1-11,18,25H,12-17H2. The van der Waals surface area contributed by atoms with Crippen molar-refractivity contribution in [1.29, 1.82) is 0 Å². The van der Waals surface area contributed by atoms with Gasteiger partial charge in [-0.3, -0.25) is 4.90 Å². The molecule has 3 aromatic carbocycles. The molecule has 0 radical (unpaired) electrons. The van der Waals surface area contributed by atoms with E-state index >= 15 is 0 Å². The Morgan fingerprint density at radius 3 is 2.19 bits per heavy atom. The molecule has 1 atom stereocenters. The fraction of sp³-hybridized carbons (Fsp3) is 0.308. The van der Waals surface area contributed by atoms with Gasteiger partial charge in [0.1, 0.15) is 11.0 Å². The Labute approximate surface area is 224 Å². The fourth-order valence-electron chi connectivity index (χ4n) is 4.21. The van der Waals surface area contributed by atoms with Crippen LogP contribution in [0.3, 0.4) is 0 Å². The topological polar surface area (TPSA) is 49.9 Å². The monoisotopic (exact) mass is 572 g/mol. The van der Waals surface area contributed by atoms with Gasteiger partial charge < -0.3 is 4.74 Å². The lowest BCUT2D eigenvalue weighted by Gasteiger charge is -2.34. The summed E-state index contributed by atoms with van der Waals surface area (Å²) < 4.78 is 73.4. The van der Waals surface area contributed by atoms with Gasteiger partial charge in [0, 0.05) is 32.7 Å². The van der Waals surface area contributed by atoms with Gasteiger partial charge in [0.05, 0.1) is 22.2 Å². The second kappa shape index (κ2) is 11.7. The molecule has 0 aliphatic carbocycles. The van der Waals surface area contributed by atoms with Crippen LogP contribution in [0.2, 0.25) is 10.0 Å². The van der Waals surface area contributed by atoms with Crippen LogP contribution in [-0.4, -0.2) is 57.0 Å². The average molecular weight is 573 g/mol. The van der Waals surface area contributed by atoms with Gasteiger partial charge in [-0.1, -0.05) is 71.7 Å². The van der Waals surface area contributed by atoms with Gasteiger partial charge in [0.15, 0.2) is 0 Å². The zero-order chi connectivity index (χ0) is 26.6. The summed E-state index contributed by atoms with van der Waals surface area (Å²) in [6, 6.07) is 18.7. The highest BCUT2D eigenvalue weighted by Gasteiger charge is 2.32. The van der Waals surface area contributed by atoms with Crippen LogP contribution in [0, 0.1) is 0 Å². The molecule has 4 rings (SSSR count). The molecule has 11 heteroatoms. The maximum absolute atomic E-state index is 13.3. The van der Waals surface area contributed by atoms with Crippen molar-refractivity contribution in [2.24, 2.45) is 0 Å². The Hall–Kier alpha value is -2.14. The molecule has 1 aliphatic rings. The molecule has 0 amide bonds. The maximum Gasteiger partial charge on any atom is 0.416 e. The van der Waals surface area contributed by atoms with Crippen LogP contribution in [0.5, 0.6) is 0 Å². The molecule has 0 aromatic heterocycles. The third kappa shape index (κ3) is 6.66. The molecule has 1 fully saturated rings. The number of sulfonamides is 1. The fourth-order valence-corrected chi connectivity index (χ4v) is 6.36. The number of benzene rings is 3. The maximum atomic E-state index is 13.3. The quantitative estimate of drug-likeness (QED) is 0.326. The second-order valence-electron chi connectivity index (χ2n) is 8.58. The largest absolute Gasteiger partial charge is 0.416 e. The Morgan fingerprint density at radius 1 is 0.865 bits per heavy atom. The summed E-state index contributed by atoms with van der Waals surface area (Å²) >= 11 is 12.1. The van der Waals surface area contributed by atoms with E-state index in [9.17, 15) is 21.6 Å². The molecule has 1 saturated heterocycles. The predicted octanol–water partition coefficient (Wildman–Crippen LogP) is 6.12. The van der Waals surface area contributed by atoms with Gasteiger partial charge in [-0.15, -0.1) is 0 Å². The number of halogens is 5. The van der Waals surface area contributed by atoms with Crippen LogP contribution in [0.15, 0.2) is 77.7 Å². The molecule has 3 aromatic rings. The first kappa shape index (κ1) is 27.9. The van der Waals surface area contributed by atoms with E-state index in [-0.39, 0.29) is 34.6 Å². The van der Waals surface area contributed by atoms with Crippen molar-refractivity contribution in [3.05, 3.63) is 99.5 Å². The third-order valence-electron chi connectivity index (χ3n) is 6.18. The highest BCUT2D eigenvalue weighted by atomic mass is 35.5. The Morgan fingerprint density at radius 2 is 1.51 bits per heavy atom. The van der Waals surface area contributed by atoms with Crippen molar-refractivity contribution in [2.75, 3.05) is 39.3 Å². The van der Waals surface area contributed by atoms with E-state index in [0.717, 1.165) is 17.7 Å². The van der Waals surface area contributed by atoms with E-state index < -0.39 is 27.9 Å². The highest BCUT2D eigenvalue weighted by Crippen LogP contribution is 2.34. The summed E-state index contributed by atoms with van der Waals surface area (Å²) in [5, 5.41) is 0.175. The van der Waals surface area contributed by atoms with Crippen molar-refractivity contribution < 1.29 is 26.3 Å². The van der Waals surface area contributed by atoms with E-state index in [1.807, 2.05) is 30.3 Å². The number of piperazine rings is 1. The van der Waals surface area contributed by atoms with Gasteiger partial charge in [-0.2, -0.15) is 17.5 Å². The zero-order valence-electron chi connectivity index (χ0n) is 19.7. The minimum atomic E-state index is -4.45. The summed E-state index contributed by atoms with van der Waals surface area (Å²) in [4.78, 5) is 2.03. The first-order valence-corrected chi connectivity index (χ1v) is 13.8. The normalized spacial score (nSPS) is 16.6. The lowest BCUT2D eigenvalue weighted by atomic mass is 9.99. The molecule has 1 heterocycles. The Kier molecular flexibility index (Phi) is 8.83. The number of ether oxygens (including phenoxy) is 1. The smallest absolute Gasteiger partial charge is 0.367 e.